The maximum atomic E-state index is 4.29. The third-order valence-corrected chi connectivity index (χ3v) is 2.48. The maximum absolute atomic E-state index is 4.29. The molecule has 0 unspecified atom stereocenters. The molecule has 0 bridgehead atoms. The van der Waals surface area contributed by atoms with E-state index >= 15 is 0 Å². The maximum Gasteiger partial charge on any atom is 0.0537 e. The summed E-state index contributed by atoms with van der Waals surface area (Å²) in [6.45, 7) is 7.56. The van der Waals surface area contributed by atoms with Crippen molar-refractivity contribution in [3.63, 3.8) is 0 Å². The summed E-state index contributed by atoms with van der Waals surface area (Å²) >= 11 is 0. The summed E-state index contributed by atoms with van der Waals surface area (Å²) < 4.78 is 2.10. The van der Waals surface area contributed by atoms with Crippen LogP contribution in [0.5, 0.6) is 0 Å². The minimum absolute atomic E-state index is 0.215. The van der Waals surface area contributed by atoms with Gasteiger partial charge in [0.1, 0.15) is 0 Å². The second-order valence-electron chi connectivity index (χ2n) is 4.00. The number of fused-ring (bicyclic) bond motifs is 1. The van der Waals surface area contributed by atoms with Gasteiger partial charge in [-0.3, -0.25) is 4.68 Å². The summed E-state index contributed by atoms with van der Waals surface area (Å²) in [6.07, 6.45) is 1.89. The SMILES string of the molecule is CC1(C)CNCCn2nccc21. The molecule has 3 nitrogen and oxygen atoms in total. The second-order valence-corrected chi connectivity index (χ2v) is 4.00. The zero-order valence-corrected chi connectivity index (χ0v) is 7.67. The van der Waals surface area contributed by atoms with Gasteiger partial charge in [0, 0.05) is 30.4 Å². The molecule has 0 fully saturated rings. The first-order valence-electron chi connectivity index (χ1n) is 4.43. The number of nitrogens with one attached hydrogen (secondary N) is 1. The average Bonchev–Trinajstić information content (AvgIpc) is 2.42. The normalized spacial score (nSPS) is 21.5. The van der Waals surface area contributed by atoms with E-state index < -0.39 is 0 Å². The van der Waals surface area contributed by atoms with E-state index in [2.05, 4.69) is 35.0 Å². The van der Waals surface area contributed by atoms with Gasteiger partial charge in [0.15, 0.2) is 0 Å². The number of nitrogens with zero attached hydrogens (tertiary/aromatic N) is 2. The monoisotopic (exact) mass is 165 g/mol. The molecule has 1 aromatic rings. The third-order valence-electron chi connectivity index (χ3n) is 2.48. The van der Waals surface area contributed by atoms with Crippen LogP contribution in [0, 0.1) is 0 Å². The highest BCUT2D eigenvalue weighted by molar-refractivity contribution is 5.15. The van der Waals surface area contributed by atoms with Crippen molar-refractivity contribution in [1.29, 1.82) is 0 Å². The molecular formula is C9H15N3. The minimum atomic E-state index is 0.215. The first kappa shape index (κ1) is 7.80. The van der Waals surface area contributed by atoms with Crippen LogP contribution >= 0.6 is 0 Å². The van der Waals surface area contributed by atoms with Crippen LogP contribution < -0.4 is 5.32 Å². The van der Waals surface area contributed by atoms with Gasteiger partial charge in [0.2, 0.25) is 0 Å². The highest BCUT2D eigenvalue weighted by Crippen LogP contribution is 2.22. The molecule has 0 radical (unpaired) electrons. The Kier molecular flexibility index (Phi) is 1.68. The Morgan fingerprint density at radius 1 is 1.58 bits per heavy atom. The molecule has 0 aliphatic carbocycles. The largest absolute Gasteiger partial charge is 0.314 e. The summed E-state index contributed by atoms with van der Waals surface area (Å²) in [7, 11) is 0. The van der Waals surface area contributed by atoms with E-state index in [0.717, 1.165) is 19.6 Å². The lowest BCUT2D eigenvalue weighted by Crippen LogP contribution is -2.31. The van der Waals surface area contributed by atoms with Crippen LogP contribution in [0.25, 0.3) is 0 Å². The van der Waals surface area contributed by atoms with Crippen LogP contribution in [-0.4, -0.2) is 22.9 Å². The Hall–Kier alpha value is -0.830. The standard InChI is InChI=1S/C9H15N3/c1-9(2)7-10-5-6-12-8(9)3-4-11-12/h3-4,10H,5-7H2,1-2H3. The smallest absolute Gasteiger partial charge is 0.0537 e. The number of hydrogen-bond donors (Lipinski definition) is 1. The zero-order valence-electron chi connectivity index (χ0n) is 7.67. The summed E-state index contributed by atoms with van der Waals surface area (Å²) in [5, 5.41) is 7.70. The lowest BCUT2D eigenvalue weighted by atomic mass is 9.89. The summed E-state index contributed by atoms with van der Waals surface area (Å²) in [5.74, 6) is 0. The fourth-order valence-electron chi connectivity index (χ4n) is 1.76. The Bertz CT molecular complexity index is 275. The number of aromatic nitrogens is 2. The molecule has 1 aromatic heterocycles. The lowest BCUT2D eigenvalue weighted by molar-refractivity contribution is 0.478. The van der Waals surface area contributed by atoms with E-state index in [9.17, 15) is 0 Å². The van der Waals surface area contributed by atoms with Crippen molar-refractivity contribution in [3.05, 3.63) is 18.0 Å². The first-order chi connectivity index (χ1) is 5.70. The highest BCUT2D eigenvalue weighted by Gasteiger charge is 2.25. The van der Waals surface area contributed by atoms with Gasteiger partial charge >= 0.3 is 0 Å². The average molecular weight is 165 g/mol. The van der Waals surface area contributed by atoms with Gasteiger partial charge in [-0.15, -0.1) is 0 Å². The molecule has 3 heteroatoms. The topological polar surface area (TPSA) is 29.9 Å². The molecule has 1 aliphatic heterocycles. The molecule has 0 aromatic carbocycles. The van der Waals surface area contributed by atoms with Crippen LogP contribution in [-0.2, 0) is 12.0 Å². The number of rotatable bonds is 0. The van der Waals surface area contributed by atoms with Crippen LogP contribution in [0.3, 0.4) is 0 Å². The molecule has 2 rings (SSSR count). The van der Waals surface area contributed by atoms with Crippen LogP contribution in [0.4, 0.5) is 0 Å². The summed E-state index contributed by atoms with van der Waals surface area (Å²) in [4.78, 5) is 0. The van der Waals surface area contributed by atoms with Gasteiger partial charge < -0.3 is 5.32 Å². The van der Waals surface area contributed by atoms with Gasteiger partial charge in [0.25, 0.3) is 0 Å². The van der Waals surface area contributed by atoms with Gasteiger partial charge in [-0.25, -0.2) is 0 Å². The van der Waals surface area contributed by atoms with Crippen molar-refractivity contribution in [1.82, 2.24) is 15.1 Å². The summed E-state index contributed by atoms with van der Waals surface area (Å²) in [5.41, 5.74) is 1.56. The van der Waals surface area contributed by atoms with Crippen LogP contribution in [0.2, 0.25) is 0 Å². The van der Waals surface area contributed by atoms with E-state index in [1.807, 2.05) is 6.20 Å². The third kappa shape index (κ3) is 1.14. The van der Waals surface area contributed by atoms with Crippen molar-refractivity contribution in [3.8, 4) is 0 Å². The van der Waals surface area contributed by atoms with E-state index in [0.29, 0.717) is 0 Å². The highest BCUT2D eigenvalue weighted by atomic mass is 15.3. The molecule has 66 valence electrons. The van der Waals surface area contributed by atoms with Crippen molar-refractivity contribution >= 4 is 0 Å². The molecule has 0 spiro atoms. The van der Waals surface area contributed by atoms with E-state index in [1.165, 1.54) is 5.69 Å². The molecule has 2 heterocycles. The van der Waals surface area contributed by atoms with Gasteiger partial charge in [0.05, 0.1) is 6.54 Å². The zero-order chi connectivity index (χ0) is 8.60. The predicted molar refractivity (Wildman–Crippen MR) is 48.1 cm³/mol. The minimum Gasteiger partial charge on any atom is -0.314 e. The Morgan fingerprint density at radius 2 is 2.42 bits per heavy atom. The number of hydrogen-bond acceptors (Lipinski definition) is 2. The van der Waals surface area contributed by atoms with Crippen molar-refractivity contribution in [2.45, 2.75) is 25.8 Å². The fourth-order valence-corrected chi connectivity index (χ4v) is 1.76. The van der Waals surface area contributed by atoms with Crippen molar-refractivity contribution in [2.24, 2.45) is 0 Å². The second kappa shape index (κ2) is 2.59. The van der Waals surface area contributed by atoms with Gasteiger partial charge in [-0.05, 0) is 6.07 Å². The molecular weight excluding hydrogens is 150 g/mol. The molecule has 1 aliphatic rings. The van der Waals surface area contributed by atoms with E-state index in [4.69, 9.17) is 0 Å². The van der Waals surface area contributed by atoms with Crippen molar-refractivity contribution < 1.29 is 0 Å². The molecule has 12 heavy (non-hydrogen) atoms. The van der Waals surface area contributed by atoms with Crippen LogP contribution in [0.15, 0.2) is 12.3 Å². The Morgan fingerprint density at radius 3 is 3.25 bits per heavy atom. The Labute approximate surface area is 72.8 Å². The quantitative estimate of drug-likeness (QED) is 0.615. The molecule has 0 saturated carbocycles. The predicted octanol–water partition coefficient (Wildman–Crippen LogP) is 0.764. The van der Waals surface area contributed by atoms with E-state index in [1.54, 1.807) is 0 Å². The molecule has 1 N–H and O–H groups in total. The first-order valence-corrected chi connectivity index (χ1v) is 4.43. The fraction of sp³-hybridized carbons (Fsp3) is 0.667. The molecule has 0 atom stereocenters. The van der Waals surface area contributed by atoms with Gasteiger partial charge in [-0.2, -0.15) is 5.10 Å². The Balaban J connectivity index is 2.43. The summed E-state index contributed by atoms with van der Waals surface area (Å²) in [6, 6.07) is 2.12. The lowest BCUT2D eigenvalue weighted by Gasteiger charge is -2.22. The molecule has 0 saturated heterocycles. The van der Waals surface area contributed by atoms with Gasteiger partial charge in [-0.1, -0.05) is 13.8 Å². The van der Waals surface area contributed by atoms with Crippen LogP contribution in [0.1, 0.15) is 19.5 Å². The van der Waals surface area contributed by atoms with Crippen molar-refractivity contribution in [2.75, 3.05) is 13.1 Å². The van der Waals surface area contributed by atoms with E-state index in [-0.39, 0.29) is 5.41 Å². The molecule has 0 amide bonds.